The van der Waals surface area contributed by atoms with Crippen molar-refractivity contribution in [1.82, 2.24) is 10.9 Å². The molecule has 0 bridgehead atoms. The number of fused-ring (bicyclic) bond motifs is 1. The van der Waals surface area contributed by atoms with E-state index in [4.69, 9.17) is 14.2 Å². The fourth-order valence-corrected chi connectivity index (χ4v) is 3.35. The van der Waals surface area contributed by atoms with Crippen molar-refractivity contribution in [3.63, 3.8) is 0 Å². The van der Waals surface area contributed by atoms with Gasteiger partial charge in [0.15, 0.2) is 18.1 Å². The van der Waals surface area contributed by atoms with Gasteiger partial charge in [0.2, 0.25) is 6.10 Å². The van der Waals surface area contributed by atoms with E-state index in [0.29, 0.717) is 17.1 Å². The van der Waals surface area contributed by atoms with Crippen molar-refractivity contribution in [2.45, 2.75) is 20.0 Å². The second kappa shape index (κ2) is 8.09. The summed E-state index contributed by atoms with van der Waals surface area (Å²) < 4.78 is 15.9. The predicted molar refractivity (Wildman–Crippen MR) is 96.7 cm³/mol. The standard InChI is InChI=1S/C18H18N2O6S/c1-10-7-12(11(2)27-10)18(23)25-9-16(21)19-20-17(22)15-8-24-13-5-3-4-6-14(13)26-15/h3-7,15H,8-9H2,1-2H3,(H,19,21)(H,20,22)/t15-/m0/s1. The van der Waals surface area contributed by atoms with Crippen molar-refractivity contribution >= 4 is 29.1 Å². The summed E-state index contributed by atoms with van der Waals surface area (Å²) in [5, 5.41) is 0. The van der Waals surface area contributed by atoms with Gasteiger partial charge in [-0.3, -0.25) is 20.4 Å². The molecule has 8 nitrogen and oxygen atoms in total. The monoisotopic (exact) mass is 390 g/mol. The van der Waals surface area contributed by atoms with E-state index < -0.39 is 30.5 Å². The highest BCUT2D eigenvalue weighted by Gasteiger charge is 2.27. The van der Waals surface area contributed by atoms with Gasteiger partial charge < -0.3 is 14.2 Å². The first-order valence-corrected chi connectivity index (χ1v) is 8.97. The molecule has 0 saturated heterocycles. The van der Waals surface area contributed by atoms with E-state index in [1.165, 1.54) is 11.3 Å². The number of para-hydroxylation sites is 2. The normalized spacial score (nSPS) is 15.0. The maximum atomic E-state index is 12.1. The Morgan fingerprint density at radius 1 is 1.19 bits per heavy atom. The molecule has 0 unspecified atom stereocenters. The van der Waals surface area contributed by atoms with Gasteiger partial charge in [0, 0.05) is 9.75 Å². The summed E-state index contributed by atoms with van der Waals surface area (Å²) in [6.45, 7) is 3.19. The van der Waals surface area contributed by atoms with E-state index in [9.17, 15) is 14.4 Å². The lowest BCUT2D eigenvalue weighted by Gasteiger charge is -2.25. The lowest BCUT2D eigenvalue weighted by Crippen LogP contribution is -2.51. The van der Waals surface area contributed by atoms with Crippen LogP contribution in [-0.2, 0) is 14.3 Å². The average Bonchev–Trinajstić information content (AvgIpc) is 3.01. The lowest BCUT2D eigenvalue weighted by atomic mass is 10.2. The summed E-state index contributed by atoms with van der Waals surface area (Å²) in [6, 6.07) is 8.68. The molecule has 2 aromatic rings. The number of thiophene rings is 1. The first-order valence-electron chi connectivity index (χ1n) is 8.15. The Morgan fingerprint density at radius 2 is 1.93 bits per heavy atom. The number of amides is 2. The molecule has 142 valence electrons. The molecule has 0 aliphatic carbocycles. The summed E-state index contributed by atoms with van der Waals surface area (Å²) in [4.78, 5) is 37.6. The molecular weight excluding hydrogens is 372 g/mol. The van der Waals surface area contributed by atoms with Crippen LogP contribution in [0.15, 0.2) is 30.3 Å². The predicted octanol–water partition coefficient (Wildman–Crippen LogP) is 1.51. The SMILES string of the molecule is Cc1cc(C(=O)OCC(=O)NNC(=O)[C@@H]2COc3ccccc3O2)c(C)s1. The number of carbonyl (C=O) groups excluding carboxylic acids is 3. The zero-order valence-electron chi connectivity index (χ0n) is 14.7. The zero-order valence-corrected chi connectivity index (χ0v) is 15.6. The maximum absolute atomic E-state index is 12.1. The Bertz CT molecular complexity index is 878. The van der Waals surface area contributed by atoms with Crippen LogP contribution < -0.4 is 20.3 Å². The van der Waals surface area contributed by atoms with E-state index in [1.54, 1.807) is 37.3 Å². The number of carbonyl (C=O) groups is 3. The molecule has 0 saturated carbocycles. The van der Waals surface area contributed by atoms with E-state index in [2.05, 4.69) is 10.9 Å². The Morgan fingerprint density at radius 3 is 2.63 bits per heavy atom. The molecule has 2 amide bonds. The molecule has 3 rings (SSSR count). The molecular formula is C18H18N2O6S. The third-order valence-corrected chi connectivity index (χ3v) is 4.69. The van der Waals surface area contributed by atoms with Gasteiger partial charge in [-0.15, -0.1) is 11.3 Å². The van der Waals surface area contributed by atoms with Crippen molar-refractivity contribution in [2.24, 2.45) is 0 Å². The summed E-state index contributed by atoms with van der Waals surface area (Å²) in [5.41, 5.74) is 4.84. The van der Waals surface area contributed by atoms with Crippen LogP contribution in [0.2, 0.25) is 0 Å². The van der Waals surface area contributed by atoms with E-state index >= 15 is 0 Å². The summed E-state index contributed by atoms with van der Waals surface area (Å²) >= 11 is 1.47. The summed E-state index contributed by atoms with van der Waals surface area (Å²) in [7, 11) is 0. The number of benzene rings is 1. The van der Waals surface area contributed by atoms with Gasteiger partial charge in [-0.2, -0.15) is 0 Å². The Hall–Kier alpha value is -3.07. The second-order valence-corrected chi connectivity index (χ2v) is 7.27. The molecule has 0 fully saturated rings. The van der Waals surface area contributed by atoms with E-state index in [-0.39, 0.29) is 6.61 Å². The van der Waals surface area contributed by atoms with Gasteiger partial charge in [-0.1, -0.05) is 12.1 Å². The fraction of sp³-hybridized carbons (Fsp3) is 0.278. The highest BCUT2D eigenvalue weighted by molar-refractivity contribution is 7.12. The summed E-state index contributed by atoms with van der Waals surface area (Å²) in [6.07, 6.45) is -0.904. The lowest BCUT2D eigenvalue weighted by molar-refractivity contribution is -0.135. The minimum Gasteiger partial charge on any atom is -0.485 e. The Labute approximate surface area is 159 Å². The Balaban J connectivity index is 1.43. The van der Waals surface area contributed by atoms with Crippen LogP contribution in [0.1, 0.15) is 20.1 Å². The molecule has 1 aliphatic rings. The number of hydrogen-bond acceptors (Lipinski definition) is 7. The number of aryl methyl sites for hydroxylation is 2. The number of rotatable bonds is 4. The number of ether oxygens (including phenoxy) is 3. The third kappa shape index (κ3) is 4.56. The van der Waals surface area contributed by atoms with Gasteiger partial charge in [-0.05, 0) is 32.0 Å². The average molecular weight is 390 g/mol. The molecule has 27 heavy (non-hydrogen) atoms. The molecule has 1 atom stereocenters. The molecule has 2 heterocycles. The second-order valence-electron chi connectivity index (χ2n) is 5.80. The molecule has 9 heteroatoms. The van der Waals surface area contributed by atoms with Gasteiger partial charge in [-0.25, -0.2) is 4.79 Å². The van der Waals surface area contributed by atoms with Crippen molar-refractivity contribution < 1.29 is 28.6 Å². The van der Waals surface area contributed by atoms with Gasteiger partial charge in [0.05, 0.1) is 5.56 Å². The topological polar surface area (TPSA) is 103 Å². The van der Waals surface area contributed by atoms with Crippen molar-refractivity contribution in [3.8, 4) is 11.5 Å². The van der Waals surface area contributed by atoms with Crippen molar-refractivity contribution in [1.29, 1.82) is 0 Å². The first kappa shape index (κ1) is 18.7. The highest BCUT2D eigenvalue weighted by atomic mass is 32.1. The van der Waals surface area contributed by atoms with Gasteiger partial charge in [0.1, 0.15) is 6.61 Å². The van der Waals surface area contributed by atoms with Gasteiger partial charge in [0.25, 0.3) is 11.8 Å². The largest absolute Gasteiger partial charge is 0.485 e. The smallest absolute Gasteiger partial charge is 0.339 e. The van der Waals surface area contributed by atoms with E-state index in [0.717, 1.165) is 9.75 Å². The van der Waals surface area contributed by atoms with Crippen LogP contribution in [-0.4, -0.2) is 37.1 Å². The maximum Gasteiger partial charge on any atom is 0.339 e. The van der Waals surface area contributed by atoms with Crippen LogP contribution in [0.25, 0.3) is 0 Å². The number of hydrogen-bond donors (Lipinski definition) is 2. The van der Waals surface area contributed by atoms with Gasteiger partial charge >= 0.3 is 5.97 Å². The zero-order chi connectivity index (χ0) is 19.4. The van der Waals surface area contributed by atoms with Crippen molar-refractivity contribution in [3.05, 3.63) is 45.6 Å². The van der Waals surface area contributed by atoms with Crippen LogP contribution in [0, 0.1) is 13.8 Å². The molecule has 0 radical (unpaired) electrons. The van der Waals surface area contributed by atoms with Crippen LogP contribution >= 0.6 is 11.3 Å². The minimum absolute atomic E-state index is 0.0183. The number of nitrogens with one attached hydrogen (secondary N) is 2. The summed E-state index contributed by atoms with van der Waals surface area (Å²) in [5.74, 6) is -0.826. The molecule has 0 spiro atoms. The number of esters is 1. The molecule has 1 aromatic heterocycles. The van der Waals surface area contributed by atoms with E-state index in [1.807, 2.05) is 6.92 Å². The molecule has 2 N–H and O–H groups in total. The van der Waals surface area contributed by atoms with Crippen LogP contribution in [0.4, 0.5) is 0 Å². The molecule has 1 aromatic carbocycles. The van der Waals surface area contributed by atoms with Crippen molar-refractivity contribution in [2.75, 3.05) is 13.2 Å². The molecule has 1 aliphatic heterocycles. The van der Waals surface area contributed by atoms with Crippen LogP contribution in [0.3, 0.4) is 0 Å². The highest BCUT2D eigenvalue weighted by Crippen LogP contribution is 2.30. The Kier molecular flexibility index (Phi) is 5.60. The van der Waals surface area contributed by atoms with Crippen LogP contribution in [0.5, 0.6) is 11.5 Å². The number of hydrazine groups is 1. The first-order chi connectivity index (χ1) is 12.9. The fourth-order valence-electron chi connectivity index (χ4n) is 2.44. The quantitative estimate of drug-likeness (QED) is 0.606. The third-order valence-electron chi connectivity index (χ3n) is 3.72. The minimum atomic E-state index is -0.904.